The summed E-state index contributed by atoms with van der Waals surface area (Å²) in [7, 11) is 0. The Morgan fingerprint density at radius 3 is 2.81 bits per heavy atom. The van der Waals surface area contributed by atoms with Crippen LogP contribution in [0.4, 0.5) is 14.9 Å². The van der Waals surface area contributed by atoms with E-state index in [4.69, 9.17) is 10.4 Å². The first-order chi connectivity index (χ1) is 10.0. The molecule has 0 bridgehead atoms. The van der Waals surface area contributed by atoms with Gasteiger partial charge in [-0.05, 0) is 25.0 Å². The molecule has 0 saturated heterocycles. The van der Waals surface area contributed by atoms with Gasteiger partial charge in [0.1, 0.15) is 17.4 Å². The van der Waals surface area contributed by atoms with Crippen LogP contribution >= 0.6 is 0 Å². The van der Waals surface area contributed by atoms with E-state index >= 15 is 0 Å². The van der Waals surface area contributed by atoms with Crippen LogP contribution in [-0.4, -0.2) is 23.1 Å². The largest absolute Gasteiger partial charge is 0.481 e. The number of rotatable bonds is 3. The van der Waals surface area contributed by atoms with Gasteiger partial charge < -0.3 is 15.7 Å². The number of carbonyl (C=O) groups excluding carboxylic acids is 1. The molecular weight excluding hydrogens is 277 g/mol. The molecule has 2 unspecified atom stereocenters. The Kier molecular flexibility index (Phi) is 4.38. The van der Waals surface area contributed by atoms with E-state index in [0.29, 0.717) is 12.8 Å². The molecule has 2 rings (SSSR count). The zero-order valence-electron chi connectivity index (χ0n) is 11.1. The smallest absolute Gasteiger partial charge is 0.319 e. The molecule has 3 N–H and O–H groups in total. The summed E-state index contributed by atoms with van der Waals surface area (Å²) in [6, 6.07) is 4.49. The fourth-order valence-electron chi connectivity index (χ4n) is 2.50. The molecule has 1 aromatic carbocycles. The lowest BCUT2D eigenvalue weighted by Crippen LogP contribution is -2.42. The average Bonchev–Trinajstić information content (AvgIpc) is 2.87. The number of amides is 2. The highest BCUT2D eigenvalue weighted by Crippen LogP contribution is 2.26. The topological polar surface area (TPSA) is 102 Å². The van der Waals surface area contributed by atoms with Crippen molar-refractivity contribution in [3.63, 3.8) is 0 Å². The lowest BCUT2D eigenvalue weighted by molar-refractivity contribution is -0.142. The maximum atomic E-state index is 13.4. The summed E-state index contributed by atoms with van der Waals surface area (Å²) in [6.07, 6.45) is 1.83. The molecule has 0 heterocycles. The molecule has 2 amide bonds. The molecule has 6 nitrogen and oxygen atoms in total. The normalized spacial score (nSPS) is 20.6. The highest BCUT2D eigenvalue weighted by molar-refractivity contribution is 5.91. The van der Waals surface area contributed by atoms with Crippen LogP contribution in [0.15, 0.2) is 18.2 Å². The van der Waals surface area contributed by atoms with Crippen molar-refractivity contribution in [2.45, 2.75) is 25.3 Å². The number of carboxylic acids is 1. The molecule has 1 fully saturated rings. The van der Waals surface area contributed by atoms with Crippen LogP contribution in [0.25, 0.3) is 0 Å². The lowest BCUT2D eigenvalue weighted by Gasteiger charge is -2.18. The van der Waals surface area contributed by atoms with Gasteiger partial charge >= 0.3 is 12.0 Å². The second-order valence-corrected chi connectivity index (χ2v) is 4.85. The molecular formula is C14H14FN3O3. The van der Waals surface area contributed by atoms with E-state index in [-0.39, 0.29) is 11.3 Å². The molecule has 0 radical (unpaired) electrons. The van der Waals surface area contributed by atoms with E-state index in [2.05, 4.69) is 10.6 Å². The number of benzene rings is 1. The van der Waals surface area contributed by atoms with Crippen molar-refractivity contribution in [3.05, 3.63) is 29.6 Å². The summed E-state index contributed by atoms with van der Waals surface area (Å²) in [5.74, 6) is -2.28. The zero-order chi connectivity index (χ0) is 15.4. The molecule has 7 heteroatoms. The molecule has 110 valence electrons. The maximum Gasteiger partial charge on any atom is 0.319 e. The number of halogens is 1. The van der Waals surface area contributed by atoms with Gasteiger partial charge in [-0.2, -0.15) is 5.26 Å². The highest BCUT2D eigenvalue weighted by Gasteiger charge is 2.33. The third-order valence-electron chi connectivity index (χ3n) is 3.52. The molecule has 1 aromatic rings. The fraction of sp³-hybridized carbons (Fsp3) is 0.357. The molecule has 1 aliphatic rings. The monoisotopic (exact) mass is 291 g/mol. The van der Waals surface area contributed by atoms with Crippen molar-refractivity contribution in [2.24, 2.45) is 5.92 Å². The second-order valence-electron chi connectivity index (χ2n) is 4.85. The van der Waals surface area contributed by atoms with Crippen molar-refractivity contribution >= 4 is 17.7 Å². The van der Waals surface area contributed by atoms with Crippen molar-refractivity contribution in [1.29, 1.82) is 5.26 Å². The summed E-state index contributed by atoms with van der Waals surface area (Å²) < 4.78 is 13.4. The minimum atomic E-state index is -0.943. The zero-order valence-corrected chi connectivity index (χ0v) is 11.1. The number of urea groups is 1. The number of nitrogens with zero attached hydrogens (tertiary/aromatic N) is 1. The quantitative estimate of drug-likeness (QED) is 0.793. The molecule has 21 heavy (non-hydrogen) atoms. The molecule has 1 aliphatic carbocycles. The Morgan fingerprint density at radius 1 is 1.38 bits per heavy atom. The number of carbonyl (C=O) groups is 2. The predicted molar refractivity (Wildman–Crippen MR) is 72.0 cm³/mol. The van der Waals surface area contributed by atoms with Gasteiger partial charge in [0.05, 0.1) is 11.6 Å². The Morgan fingerprint density at radius 2 is 2.14 bits per heavy atom. The van der Waals surface area contributed by atoms with Crippen molar-refractivity contribution in [3.8, 4) is 6.07 Å². The highest BCUT2D eigenvalue weighted by atomic mass is 19.1. The average molecular weight is 291 g/mol. The van der Waals surface area contributed by atoms with Crippen LogP contribution in [0.1, 0.15) is 24.8 Å². The number of nitriles is 1. The molecule has 0 aliphatic heterocycles. The van der Waals surface area contributed by atoms with Gasteiger partial charge in [0, 0.05) is 6.04 Å². The van der Waals surface area contributed by atoms with Crippen molar-refractivity contribution < 1.29 is 19.1 Å². The molecule has 1 saturated carbocycles. The fourth-order valence-corrected chi connectivity index (χ4v) is 2.50. The van der Waals surface area contributed by atoms with Gasteiger partial charge in [0.15, 0.2) is 0 Å². The minimum Gasteiger partial charge on any atom is -0.481 e. The van der Waals surface area contributed by atoms with Gasteiger partial charge in [-0.15, -0.1) is 0 Å². The predicted octanol–water partition coefficient (Wildman–Crippen LogP) is 2.07. The Labute approximate surface area is 120 Å². The van der Waals surface area contributed by atoms with Gasteiger partial charge in [-0.3, -0.25) is 4.79 Å². The van der Waals surface area contributed by atoms with E-state index in [0.717, 1.165) is 12.5 Å². The number of nitrogens with one attached hydrogen (secondary N) is 2. The van der Waals surface area contributed by atoms with Crippen LogP contribution in [-0.2, 0) is 4.79 Å². The second kappa shape index (κ2) is 6.22. The van der Waals surface area contributed by atoms with E-state index in [1.54, 1.807) is 6.07 Å². The first-order valence-electron chi connectivity index (χ1n) is 6.52. The third kappa shape index (κ3) is 3.28. The Bertz CT molecular complexity index is 612. The minimum absolute atomic E-state index is 0.0554. The van der Waals surface area contributed by atoms with Crippen LogP contribution < -0.4 is 10.6 Å². The summed E-state index contributed by atoms with van der Waals surface area (Å²) in [5.41, 5.74) is -0.200. The van der Waals surface area contributed by atoms with Crippen LogP contribution in [0.3, 0.4) is 0 Å². The van der Waals surface area contributed by atoms with E-state index in [9.17, 15) is 14.0 Å². The maximum absolute atomic E-state index is 13.4. The number of anilines is 1. The molecule has 0 spiro atoms. The van der Waals surface area contributed by atoms with E-state index in [1.165, 1.54) is 12.1 Å². The lowest BCUT2D eigenvalue weighted by atomic mass is 10.0. The van der Waals surface area contributed by atoms with Crippen LogP contribution in [0.2, 0.25) is 0 Å². The number of aliphatic carboxylic acids is 1. The number of carboxylic acid groups (broad SMARTS) is 1. The van der Waals surface area contributed by atoms with Crippen molar-refractivity contribution in [1.82, 2.24) is 5.32 Å². The Hall–Kier alpha value is -2.62. The number of hydrogen-bond acceptors (Lipinski definition) is 3. The first kappa shape index (κ1) is 14.8. The van der Waals surface area contributed by atoms with Gasteiger partial charge in [0.25, 0.3) is 0 Å². The summed E-state index contributed by atoms with van der Waals surface area (Å²) >= 11 is 0. The van der Waals surface area contributed by atoms with Gasteiger partial charge in [-0.1, -0.05) is 12.5 Å². The molecule has 0 aromatic heterocycles. The summed E-state index contributed by atoms with van der Waals surface area (Å²) in [5, 5.41) is 22.9. The van der Waals surface area contributed by atoms with Crippen LogP contribution in [0.5, 0.6) is 0 Å². The summed E-state index contributed by atoms with van der Waals surface area (Å²) in [4.78, 5) is 22.9. The number of hydrogen-bond donors (Lipinski definition) is 3. The van der Waals surface area contributed by atoms with E-state index < -0.39 is 29.8 Å². The van der Waals surface area contributed by atoms with Crippen LogP contribution in [0, 0.1) is 23.1 Å². The van der Waals surface area contributed by atoms with Gasteiger partial charge in [0.2, 0.25) is 0 Å². The Balaban J connectivity index is 2.04. The van der Waals surface area contributed by atoms with Crippen molar-refractivity contribution in [2.75, 3.05) is 5.32 Å². The first-order valence-corrected chi connectivity index (χ1v) is 6.52. The van der Waals surface area contributed by atoms with Gasteiger partial charge in [-0.25, -0.2) is 9.18 Å². The molecule has 2 atom stereocenters. The third-order valence-corrected chi connectivity index (χ3v) is 3.52. The SMILES string of the molecule is N#Cc1c(F)cccc1NC(=O)NC1CCCC1C(=O)O. The van der Waals surface area contributed by atoms with E-state index in [1.807, 2.05) is 0 Å². The standard InChI is InChI=1S/C14H14FN3O3/c15-10-4-2-6-12(9(10)7-16)18-14(21)17-11-5-1-3-8(11)13(19)20/h2,4,6,8,11H,1,3,5H2,(H,19,20)(H2,17,18,21). The summed E-state index contributed by atoms with van der Waals surface area (Å²) in [6.45, 7) is 0.